The highest BCUT2D eigenvalue weighted by Crippen LogP contribution is 2.07. The summed E-state index contributed by atoms with van der Waals surface area (Å²) < 4.78 is 5.09. The molecule has 0 radical (unpaired) electrons. The largest absolute Gasteiger partial charge is 0.444 e. The van der Waals surface area contributed by atoms with Crippen molar-refractivity contribution in [3.05, 3.63) is 16.1 Å². The predicted octanol–water partition coefficient (Wildman–Crippen LogP) is 2.10. The molecule has 0 aliphatic rings. The van der Waals surface area contributed by atoms with Gasteiger partial charge in [-0.25, -0.2) is 9.78 Å². The Kier molecular flexibility index (Phi) is 5.94. The van der Waals surface area contributed by atoms with Crippen molar-refractivity contribution in [2.75, 3.05) is 13.1 Å². The van der Waals surface area contributed by atoms with Crippen molar-refractivity contribution in [3.8, 4) is 0 Å². The van der Waals surface area contributed by atoms with Crippen molar-refractivity contribution < 1.29 is 14.3 Å². The molecule has 0 bridgehead atoms. The monoisotopic (exact) mass is 299 g/mol. The Bertz CT molecular complexity index is 466. The van der Waals surface area contributed by atoms with E-state index in [4.69, 9.17) is 4.74 Å². The minimum atomic E-state index is -0.499. The molecule has 0 unspecified atom stereocenters. The van der Waals surface area contributed by atoms with E-state index in [0.717, 1.165) is 5.01 Å². The minimum Gasteiger partial charge on any atom is -0.444 e. The van der Waals surface area contributed by atoms with E-state index in [1.807, 2.05) is 27.7 Å². The maximum atomic E-state index is 11.7. The molecule has 0 saturated heterocycles. The van der Waals surface area contributed by atoms with Gasteiger partial charge in [-0.05, 0) is 34.1 Å². The molecule has 0 aromatic carbocycles. The summed E-state index contributed by atoms with van der Waals surface area (Å²) in [6.07, 6.45) is 0.188. The summed E-state index contributed by atoms with van der Waals surface area (Å²) in [6, 6.07) is 0. The molecule has 1 aromatic rings. The van der Waals surface area contributed by atoms with Crippen LogP contribution in [0.2, 0.25) is 0 Å². The van der Waals surface area contributed by atoms with Crippen LogP contribution >= 0.6 is 11.3 Å². The van der Waals surface area contributed by atoms with Crippen LogP contribution < -0.4 is 10.6 Å². The van der Waals surface area contributed by atoms with E-state index in [2.05, 4.69) is 15.6 Å². The topological polar surface area (TPSA) is 80.3 Å². The molecule has 20 heavy (non-hydrogen) atoms. The van der Waals surface area contributed by atoms with Gasteiger partial charge in [0.2, 0.25) is 0 Å². The Hall–Kier alpha value is -1.63. The van der Waals surface area contributed by atoms with Crippen molar-refractivity contribution in [2.45, 2.75) is 39.7 Å². The average Bonchev–Trinajstić information content (AvgIpc) is 2.73. The maximum Gasteiger partial charge on any atom is 0.407 e. The molecule has 0 saturated carbocycles. The molecular weight excluding hydrogens is 278 g/mol. The van der Waals surface area contributed by atoms with Crippen LogP contribution in [-0.2, 0) is 4.74 Å². The summed E-state index contributed by atoms with van der Waals surface area (Å²) in [7, 11) is 0. The number of aryl methyl sites for hydroxylation is 1. The van der Waals surface area contributed by atoms with E-state index >= 15 is 0 Å². The molecule has 0 spiro atoms. The molecule has 112 valence electrons. The van der Waals surface area contributed by atoms with Gasteiger partial charge in [-0.2, -0.15) is 0 Å². The van der Waals surface area contributed by atoms with Crippen LogP contribution in [0.5, 0.6) is 0 Å². The van der Waals surface area contributed by atoms with Gasteiger partial charge in [0.05, 0.1) is 5.01 Å². The molecule has 0 fully saturated rings. The number of nitrogens with one attached hydrogen (secondary N) is 2. The fraction of sp³-hybridized carbons (Fsp3) is 0.615. The number of carbonyl (C=O) groups excluding carboxylic acids is 2. The minimum absolute atomic E-state index is 0.188. The fourth-order valence-corrected chi connectivity index (χ4v) is 1.95. The number of ether oxygens (including phenoxy) is 1. The first-order valence-electron chi connectivity index (χ1n) is 6.45. The third-order valence-corrected chi connectivity index (χ3v) is 2.93. The number of hydrogen-bond acceptors (Lipinski definition) is 5. The van der Waals surface area contributed by atoms with E-state index in [1.165, 1.54) is 11.3 Å². The number of hydrogen-bond donors (Lipinski definition) is 2. The van der Waals surface area contributed by atoms with Gasteiger partial charge in [-0.3, -0.25) is 4.79 Å². The van der Waals surface area contributed by atoms with Gasteiger partial charge in [0, 0.05) is 18.5 Å². The van der Waals surface area contributed by atoms with Crippen LogP contribution in [0.1, 0.15) is 42.7 Å². The Morgan fingerprint density at radius 3 is 2.50 bits per heavy atom. The highest BCUT2D eigenvalue weighted by atomic mass is 32.1. The van der Waals surface area contributed by atoms with Crippen LogP contribution in [0.3, 0.4) is 0 Å². The SMILES string of the molecule is Cc1nc(C(=O)NCCCNC(=O)OC(C)(C)C)cs1. The second kappa shape index (κ2) is 7.23. The first-order valence-corrected chi connectivity index (χ1v) is 7.33. The van der Waals surface area contributed by atoms with Crippen LogP contribution in [0.15, 0.2) is 5.38 Å². The molecule has 0 aliphatic carbocycles. The summed E-state index contributed by atoms with van der Waals surface area (Å²) in [5.74, 6) is -0.188. The van der Waals surface area contributed by atoms with Crippen LogP contribution in [0.4, 0.5) is 4.79 Å². The number of rotatable bonds is 5. The predicted molar refractivity (Wildman–Crippen MR) is 78.0 cm³/mol. The quantitative estimate of drug-likeness (QED) is 0.816. The van der Waals surface area contributed by atoms with E-state index in [0.29, 0.717) is 25.2 Å². The van der Waals surface area contributed by atoms with Crippen molar-refractivity contribution >= 4 is 23.3 Å². The van der Waals surface area contributed by atoms with Crippen LogP contribution in [-0.4, -0.2) is 35.7 Å². The van der Waals surface area contributed by atoms with Crippen molar-refractivity contribution in [1.29, 1.82) is 0 Å². The number of aromatic nitrogens is 1. The summed E-state index contributed by atoms with van der Waals surface area (Å²) in [5.41, 5.74) is -0.0616. The Balaban J connectivity index is 2.13. The summed E-state index contributed by atoms with van der Waals surface area (Å²) in [5, 5.41) is 7.97. The second-order valence-electron chi connectivity index (χ2n) is 5.29. The third-order valence-electron chi connectivity index (χ3n) is 2.16. The van der Waals surface area contributed by atoms with Gasteiger partial charge in [0.1, 0.15) is 11.3 Å². The van der Waals surface area contributed by atoms with E-state index in [1.54, 1.807) is 5.38 Å². The number of alkyl carbamates (subject to hydrolysis) is 1. The average molecular weight is 299 g/mol. The highest BCUT2D eigenvalue weighted by Gasteiger charge is 2.15. The smallest absolute Gasteiger partial charge is 0.407 e. The maximum absolute atomic E-state index is 11.7. The van der Waals surface area contributed by atoms with Crippen molar-refractivity contribution in [1.82, 2.24) is 15.6 Å². The lowest BCUT2D eigenvalue weighted by molar-refractivity contribution is 0.0527. The lowest BCUT2D eigenvalue weighted by Crippen LogP contribution is -2.34. The highest BCUT2D eigenvalue weighted by molar-refractivity contribution is 7.09. The molecule has 0 aliphatic heterocycles. The molecule has 6 nitrogen and oxygen atoms in total. The zero-order valence-corrected chi connectivity index (χ0v) is 13.1. The summed E-state index contributed by atoms with van der Waals surface area (Å²) in [6.45, 7) is 8.20. The molecule has 1 heterocycles. The fourth-order valence-electron chi connectivity index (χ4n) is 1.35. The number of carbonyl (C=O) groups is 2. The zero-order chi connectivity index (χ0) is 15.2. The Labute approximate surface area is 122 Å². The number of nitrogens with zero attached hydrogens (tertiary/aromatic N) is 1. The van der Waals surface area contributed by atoms with E-state index < -0.39 is 11.7 Å². The Morgan fingerprint density at radius 2 is 1.95 bits per heavy atom. The molecular formula is C13H21N3O3S. The molecule has 1 rings (SSSR count). The molecule has 0 atom stereocenters. The first-order chi connectivity index (χ1) is 9.28. The van der Waals surface area contributed by atoms with Crippen LogP contribution in [0.25, 0.3) is 0 Å². The van der Waals surface area contributed by atoms with Gasteiger partial charge >= 0.3 is 6.09 Å². The lowest BCUT2D eigenvalue weighted by atomic mass is 10.2. The Morgan fingerprint density at radius 1 is 1.30 bits per heavy atom. The van der Waals surface area contributed by atoms with Gasteiger partial charge in [0.15, 0.2) is 0 Å². The summed E-state index contributed by atoms with van der Waals surface area (Å²) >= 11 is 1.44. The van der Waals surface area contributed by atoms with E-state index in [9.17, 15) is 9.59 Å². The van der Waals surface area contributed by atoms with Gasteiger partial charge in [-0.1, -0.05) is 0 Å². The number of amides is 2. The third kappa shape index (κ3) is 6.51. The number of thiazole rings is 1. The van der Waals surface area contributed by atoms with Crippen molar-refractivity contribution in [2.24, 2.45) is 0 Å². The van der Waals surface area contributed by atoms with Crippen LogP contribution in [0, 0.1) is 6.92 Å². The second-order valence-corrected chi connectivity index (χ2v) is 6.35. The standard InChI is InChI=1S/C13H21N3O3S/c1-9-16-10(8-20-9)11(17)14-6-5-7-15-12(18)19-13(2,3)4/h8H,5-7H2,1-4H3,(H,14,17)(H,15,18). The molecule has 7 heteroatoms. The molecule has 2 N–H and O–H groups in total. The first kappa shape index (κ1) is 16.4. The molecule has 1 aromatic heterocycles. The van der Waals surface area contributed by atoms with Gasteiger partial charge in [0.25, 0.3) is 5.91 Å². The molecule has 2 amide bonds. The van der Waals surface area contributed by atoms with Gasteiger partial charge < -0.3 is 15.4 Å². The normalized spacial score (nSPS) is 11.0. The lowest BCUT2D eigenvalue weighted by Gasteiger charge is -2.19. The summed E-state index contributed by atoms with van der Waals surface area (Å²) in [4.78, 5) is 27.1. The zero-order valence-electron chi connectivity index (χ0n) is 12.3. The van der Waals surface area contributed by atoms with E-state index in [-0.39, 0.29) is 5.91 Å². The van der Waals surface area contributed by atoms with Crippen molar-refractivity contribution in [3.63, 3.8) is 0 Å². The van der Waals surface area contributed by atoms with Gasteiger partial charge in [-0.15, -0.1) is 11.3 Å².